The highest BCUT2D eigenvalue weighted by Crippen LogP contribution is 2.35. The van der Waals surface area contributed by atoms with E-state index in [1.807, 2.05) is 36.4 Å². The normalized spacial score (nSPS) is 15.6. The van der Waals surface area contributed by atoms with Crippen LogP contribution in [0.15, 0.2) is 53.2 Å². The second kappa shape index (κ2) is 7.21. The molecule has 1 aliphatic rings. The maximum absolute atomic E-state index is 6.36. The summed E-state index contributed by atoms with van der Waals surface area (Å²) in [6.45, 7) is 0. The fourth-order valence-corrected chi connectivity index (χ4v) is 2.95. The summed E-state index contributed by atoms with van der Waals surface area (Å²) in [5.41, 5.74) is 6.65. The van der Waals surface area contributed by atoms with Crippen LogP contribution >= 0.6 is 12.4 Å². The molecule has 130 valence electrons. The Bertz CT molecular complexity index is 815. The molecule has 0 atom stereocenters. The van der Waals surface area contributed by atoms with Crippen LogP contribution in [0.4, 0.5) is 0 Å². The van der Waals surface area contributed by atoms with Gasteiger partial charge in [-0.15, -0.1) is 12.4 Å². The number of benzene rings is 1. The van der Waals surface area contributed by atoms with Gasteiger partial charge < -0.3 is 15.0 Å². The number of hydrogen-bond donors (Lipinski definition) is 1. The molecule has 1 aliphatic carbocycles. The van der Waals surface area contributed by atoms with Crippen LogP contribution in [0, 0.1) is 0 Å². The van der Waals surface area contributed by atoms with E-state index in [9.17, 15) is 0 Å². The van der Waals surface area contributed by atoms with Crippen molar-refractivity contribution in [3.8, 4) is 23.1 Å². The molecule has 2 heterocycles. The summed E-state index contributed by atoms with van der Waals surface area (Å²) >= 11 is 0. The van der Waals surface area contributed by atoms with Crippen molar-refractivity contribution >= 4 is 12.4 Å². The van der Waals surface area contributed by atoms with E-state index in [4.69, 9.17) is 15.0 Å². The highest BCUT2D eigenvalue weighted by molar-refractivity contribution is 5.85. The number of pyridine rings is 1. The molecule has 1 fully saturated rings. The minimum absolute atomic E-state index is 0. The third-order valence-electron chi connectivity index (χ3n) is 4.32. The van der Waals surface area contributed by atoms with Gasteiger partial charge in [-0.2, -0.15) is 4.98 Å². The van der Waals surface area contributed by atoms with Crippen LogP contribution in [0.3, 0.4) is 0 Å². The number of para-hydroxylation sites is 1. The second-order valence-corrected chi connectivity index (χ2v) is 6.09. The van der Waals surface area contributed by atoms with Crippen LogP contribution in [0.2, 0.25) is 0 Å². The van der Waals surface area contributed by atoms with Crippen LogP contribution in [-0.2, 0) is 5.54 Å². The molecule has 0 amide bonds. The lowest BCUT2D eigenvalue weighted by molar-refractivity contribution is 0.372. The molecule has 0 saturated heterocycles. The molecule has 1 saturated carbocycles. The van der Waals surface area contributed by atoms with Crippen molar-refractivity contribution in [1.82, 2.24) is 15.1 Å². The first kappa shape index (κ1) is 17.4. The van der Waals surface area contributed by atoms with Gasteiger partial charge in [-0.25, -0.2) is 4.98 Å². The van der Waals surface area contributed by atoms with Gasteiger partial charge in [-0.1, -0.05) is 36.2 Å². The average Bonchev–Trinajstić information content (AvgIpc) is 3.27. The van der Waals surface area contributed by atoms with Crippen molar-refractivity contribution in [2.75, 3.05) is 0 Å². The van der Waals surface area contributed by atoms with E-state index in [1.165, 1.54) is 0 Å². The molecule has 6 nitrogen and oxygen atoms in total. The lowest BCUT2D eigenvalue weighted by Gasteiger charge is -2.17. The number of aromatic nitrogens is 3. The largest absolute Gasteiger partial charge is 0.439 e. The molecule has 0 unspecified atom stereocenters. The molecule has 2 aromatic heterocycles. The Morgan fingerprint density at radius 3 is 2.48 bits per heavy atom. The van der Waals surface area contributed by atoms with Crippen molar-refractivity contribution in [1.29, 1.82) is 0 Å². The van der Waals surface area contributed by atoms with E-state index in [1.54, 1.807) is 12.3 Å². The summed E-state index contributed by atoms with van der Waals surface area (Å²) in [6, 6.07) is 13.1. The average molecular weight is 359 g/mol. The van der Waals surface area contributed by atoms with Gasteiger partial charge in [0.15, 0.2) is 5.82 Å². The summed E-state index contributed by atoms with van der Waals surface area (Å²) in [5.74, 6) is 2.26. The van der Waals surface area contributed by atoms with Crippen molar-refractivity contribution in [2.24, 2.45) is 5.73 Å². The van der Waals surface area contributed by atoms with Crippen molar-refractivity contribution in [2.45, 2.75) is 31.2 Å². The molecule has 0 spiro atoms. The second-order valence-electron chi connectivity index (χ2n) is 6.09. The van der Waals surface area contributed by atoms with E-state index in [0.717, 1.165) is 37.0 Å². The first-order chi connectivity index (χ1) is 11.7. The molecule has 7 heteroatoms. The third-order valence-corrected chi connectivity index (χ3v) is 4.32. The molecule has 25 heavy (non-hydrogen) atoms. The molecule has 0 bridgehead atoms. The zero-order valence-corrected chi connectivity index (χ0v) is 14.4. The number of ether oxygens (including phenoxy) is 1. The van der Waals surface area contributed by atoms with Gasteiger partial charge in [0.1, 0.15) is 5.75 Å². The highest BCUT2D eigenvalue weighted by atomic mass is 35.5. The first-order valence-corrected chi connectivity index (χ1v) is 8.05. The number of nitrogens with two attached hydrogens (primary N) is 1. The monoisotopic (exact) mass is 358 g/mol. The topological polar surface area (TPSA) is 87.1 Å². The van der Waals surface area contributed by atoms with Gasteiger partial charge in [0, 0.05) is 12.3 Å². The van der Waals surface area contributed by atoms with E-state index in [-0.39, 0.29) is 12.4 Å². The number of nitrogens with zero attached hydrogens (tertiary/aromatic N) is 3. The van der Waals surface area contributed by atoms with Crippen LogP contribution in [-0.4, -0.2) is 15.1 Å². The Kier molecular flexibility index (Phi) is 5.01. The molecule has 3 aromatic rings. The summed E-state index contributed by atoms with van der Waals surface area (Å²) in [7, 11) is 0. The molecule has 0 aliphatic heterocycles. The Hall–Kier alpha value is -2.44. The van der Waals surface area contributed by atoms with Gasteiger partial charge in [0.2, 0.25) is 5.88 Å². The van der Waals surface area contributed by atoms with Crippen molar-refractivity contribution < 1.29 is 9.26 Å². The van der Waals surface area contributed by atoms with Gasteiger partial charge in [0.05, 0.1) is 11.1 Å². The van der Waals surface area contributed by atoms with Gasteiger partial charge in [-0.05, 0) is 31.0 Å². The Morgan fingerprint density at radius 2 is 1.80 bits per heavy atom. The molecule has 1 aromatic carbocycles. The van der Waals surface area contributed by atoms with Crippen LogP contribution < -0.4 is 10.5 Å². The molecular formula is C18H19ClN4O2. The maximum atomic E-state index is 6.36. The van der Waals surface area contributed by atoms with Crippen LogP contribution in [0.25, 0.3) is 11.5 Å². The lowest BCUT2D eigenvalue weighted by atomic mass is 9.99. The Labute approximate surface area is 151 Å². The number of rotatable bonds is 4. The predicted molar refractivity (Wildman–Crippen MR) is 95.6 cm³/mol. The Morgan fingerprint density at radius 1 is 1.04 bits per heavy atom. The van der Waals surface area contributed by atoms with Gasteiger partial charge >= 0.3 is 0 Å². The third kappa shape index (κ3) is 3.65. The first-order valence-electron chi connectivity index (χ1n) is 8.05. The standard InChI is InChI=1S/C18H18N4O2.ClH/c19-18(10-4-5-11-18)17-21-16(24-22-17)13-8-9-15(20-12-13)23-14-6-2-1-3-7-14;/h1-3,6-9,12H,4-5,10-11,19H2;1H. The van der Waals surface area contributed by atoms with E-state index in [0.29, 0.717) is 17.6 Å². The number of hydrogen-bond acceptors (Lipinski definition) is 6. The summed E-state index contributed by atoms with van der Waals surface area (Å²) in [6.07, 6.45) is 5.66. The summed E-state index contributed by atoms with van der Waals surface area (Å²) in [4.78, 5) is 8.76. The van der Waals surface area contributed by atoms with Gasteiger partial charge in [0.25, 0.3) is 5.89 Å². The predicted octanol–water partition coefficient (Wildman–Crippen LogP) is 4.07. The summed E-state index contributed by atoms with van der Waals surface area (Å²) < 4.78 is 11.0. The SMILES string of the molecule is Cl.NC1(c2noc(-c3ccc(Oc4ccccc4)nc3)n2)CCCC1. The quantitative estimate of drug-likeness (QED) is 0.756. The lowest BCUT2D eigenvalue weighted by Crippen LogP contribution is -2.34. The van der Waals surface area contributed by atoms with E-state index in [2.05, 4.69) is 15.1 Å². The van der Waals surface area contributed by atoms with Crippen molar-refractivity contribution in [3.63, 3.8) is 0 Å². The molecule has 4 rings (SSSR count). The minimum Gasteiger partial charge on any atom is -0.439 e. The fourth-order valence-electron chi connectivity index (χ4n) is 2.95. The fraction of sp³-hybridized carbons (Fsp3) is 0.278. The van der Waals surface area contributed by atoms with Gasteiger partial charge in [-0.3, -0.25) is 0 Å². The van der Waals surface area contributed by atoms with E-state index < -0.39 is 5.54 Å². The highest BCUT2D eigenvalue weighted by Gasteiger charge is 2.36. The maximum Gasteiger partial charge on any atom is 0.259 e. The molecule has 0 radical (unpaired) electrons. The molecule has 2 N–H and O–H groups in total. The van der Waals surface area contributed by atoms with Crippen LogP contribution in [0.1, 0.15) is 31.5 Å². The minimum atomic E-state index is -0.453. The van der Waals surface area contributed by atoms with Crippen LogP contribution in [0.5, 0.6) is 11.6 Å². The van der Waals surface area contributed by atoms with E-state index >= 15 is 0 Å². The smallest absolute Gasteiger partial charge is 0.259 e. The zero-order valence-electron chi connectivity index (χ0n) is 13.6. The molecular weight excluding hydrogens is 340 g/mol. The number of halogens is 1. The summed E-state index contributed by atoms with van der Waals surface area (Å²) in [5, 5.41) is 4.07. The van der Waals surface area contributed by atoms with Crippen molar-refractivity contribution in [3.05, 3.63) is 54.5 Å². The zero-order chi connectivity index (χ0) is 16.4. The Balaban J connectivity index is 0.00000182.